The molecule has 5 amide bonds. The molecular formula is C61H67N7O9. The van der Waals surface area contributed by atoms with Crippen LogP contribution in [0.3, 0.4) is 0 Å². The lowest BCUT2D eigenvalue weighted by Crippen LogP contribution is -2.45. The van der Waals surface area contributed by atoms with E-state index in [9.17, 15) is 28.8 Å². The molecule has 0 aliphatic carbocycles. The lowest BCUT2D eigenvalue weighted by atomic mass is 9.91. The van der Waals surface area contributed by atoms with Crippen LogP contribution in [0.15, 0.2) is 107 Å². The summed E-state index contributed by atoms with van der Waals surface area (Å²) in [5, 5.41) is 6.28. The van der Waals surface area contributed by atoms with E-state index < -0.39 is 6.04 Å². The zero-order valence-electron chi connectivity index (χ0n) is 44.7. The number of ketones is 1. The number of amides is 5. The number of imide groups is 1. The summed E-state index contributed by atoms with van der Waals surface area (Å²) in [6.45, 7) is 15.5. The molecule has 0 unspecified atom stereocenters. The molecule has 2 N–H and O–H groups in total. The summed E-state index contributed by atoms with van der Waals surface area (Å²) < 4.78 is 18.1. The van der Waals surface area contributed by atoms with Crippen LogP contribution in [0.4, 0.5) is 17.1 Å². The van der Waals surface area contributed by atoms with Crippen LogP contribution >= 0.6 is 0 Å². The second-order valence-corrected chi connectivity index (χ2v) is 20.9. The van der Waals surface area contributed by atoms with Crippen molar-refractivity contribution in [3.05, 3.63) is 136 Å². The van der Waals surface area contributed by atoms with Gasteiger partial charge in [0.05, 0.1) is 61.0 Å². The summed E-state index contributed by atoms with van der Waals surface area (Å²) >= 11 is 0. The van der Waals surface area contributed by atoms with Crippen molar-refractivity contribution < 1.29 is 43.0 Å². The summed E-state index contributed by atoms with van der Waals surface area (Å²) in [5.74, 6) is 0.117. The largest absolute Gasteiger partial charge is 0.493 e. The van der Waals surface area contributed by atoms with Gasteiger partial charge in [-0.3, -0.25) is 43.7 Å². The minimum Gasteiger partial charge on any atom is -0.493 e. The Hall–Kier alpha value is -8.14. The summed E-state index contributed by atoms with van der Waals surface area (Å²) in [4.78, 5) is 92.2. The van der Waals surface area contributed by atoms with Gasteiger partial charge in [0.2, 0.25) is 5.91 Å². The minimum atomic E-state index is -0.639. The molecule has 5 heterocycles. The van der Waals surface area contributed by atoms with Crippen LogP contribution in [0.1, 0.15) is 114 Å². The van der Waals surface area contributed by atoms with Crippen molar-refractivity contribution in [1.29, 1.82) is 0 Å². The molecule has 0 fully saturated rings. The topological polar surface area (TPSA) is 189 Å². The lowest BCUT2D eigenvalue weighted by molar-refractivity contribution is -0.137. The number of allylic oxidation sites excluding steroid dienone is 1. The molecule has 0 bridgehead atoms. The monoisotopic (exact) mass is 1040 g/mol. The Bertz CT molecular complexity index is 3120. The summed E-state index contributed by atoms with van der Waals surface area (Å²) in [6, 6.07) is 20.4. The molecule has 77 heavy (non-hydrogen) atoms. The van der Waals surface area contributed by atoms with Crippen molar-refractivity contribution in [3.8, 4) is 17.2 Å². The van der Waals surface area contributed by atoms with Gasteiger partial charge in [0.25, 0.3) is 23.6 Å². The van der Waals surface area contributed by atoms with E-state index in [0.29, 0.717) is 110 Å². The van der Waals surface area contributed by atoms with Crippen molar-refractivity contribution in [2.75, 3.05) is 32.2 Å². The number of aliphatic imine (C=N–C) groups is 2. The Morgan fingerprint density at radius 2 is 1.44 bits per heavy atom. The molecule has 4 atom stereocenters. The first-order valence-electron chi connectivity index (χ1n) is 26.6. The van der Waals surface area contributed by atoms with Crippen molar-refractivity contribution in [3.63, 3.8) is 0 Å². The van der Waals surface area contributed by atoms with Crippen LogP contribution < -0.4 is 24.8 Å². The number of hydrogen-bond acceptors (Lipinski definition) is 12. The zero-order valence-corrected chi connectivity index (χ0v) is 44.7. The number of hydrogen-bond donors (Lipinski definition) is 2. The van der Waals surface area contributed by atoms with E-state index in [1.807, 2.05) is 87.6 Å². The van der Waals surface area contributed by atoms with Crippen molar-refractivity contribution in [2.45, 2.75) is 111 Å². The zero-order chi connectivity index (χ0) is 54.5. The molecular weight excluding hydrogens is 975 g/mol. The van der Waals surface area contributed by atoms with Gasteiger partial charge in [-0.15, -0.1) is 0 Å². The highest BCUT2D eigenvalue weighted by Crippen LogP contribution is 2.40. The molecule has 0 spiro atoms. The maximum atomic E-state index is 14.1. The second-order valence-electron chi connectivity index (χ2n) is 20.9. The first-order valence-corrected chi connectivity index (χ1v) is 26.6. The van der Waals surface area contributed by atoms with Crippen molar-refractivity contribution in [2.24, 2.45) is 21.8 Å². The number of carbonyl (C=O) groups is 6. The first-order chi connectivity index (χ1) is 37.0. The summed E-state index contributed by atoms with van der Waals surface area (Å²) in [5.41, 5.74) is 9.86. The maximum absolute atomic E-state index is 14.1. The number of fused-ring (bicyclic) bond motifs is 5. The van der Waals surface area contributed by atoms with Crippen LogP contribution in [-0.2, 0) is 32.1 Å². The third-order valence-electron chi connectivity index (χ3n) is 14.9. The molecule has 0 saturated carbocycles. The normalized spacial score (nSPS) is 17.9. The molecule has 5 aliphatic rings. The molecule has 4 aromatic carbocycles. The van der Waals surface area contributed by atoms with Gasteiger partial charge >= 0.3 is 0 Å². The van der Waals surface area contributed by atoms with Gasteiger partial charge in [-0.2, -0.15) is 0 Å². The molecule has 4 aromatic rings. The number of methoxy groups -OCH3 is 1. The SMILES string of the molecule is C=C(Nc1ccc(C2=CN3C(=O)c4cc(C)c(OCCCOc5cc6c(cc5OC)C(=O)N5Cc7cc(C)ccc7C[C@H]5C=N6)cc4N=C[C@@H]3C2)cc1)[C@H](C)CC(=O)[C@@H](NC(=O)CCCCCN1C(=O)C=CC1=O)C(C)C. The highest BCUT2D eigenvalue weighted by Gasteiger charge is 2.35. The number of anilines is 1. The van der Waals surface area contributed by atoms with Crippen LogP contribution in [0.5, 0.6) is 17.2 Å². The number of benzene rings is 4. The predicted octanol–water partition coefficient (Wildman–Crippen LogP) is 9.56. The van der Waals surface area contributed by atoms with Crippen molar-refractivity contribution in [1.82, 2.24) is 20.0 Å². The van der Waals surface area contributed by atoms with Crippen LogP contribution in [0.2, 0.25) is 0 Å². The number of nitrogens with zero attached hydrogens (tertiary/aromatic N) is 5. The third-order valence-corrected chi connectivity index (χ3v) is 14.9. The number of unbranched alkanes of at least 4 members (excludes halogenated alkanes) is 2. The Morgan fingerprint density at radius 3 is 2.16 bits per heavy atom. The van der Waals surface area contributed by atoms with Gasteiger partial charge < -0.3 is 34.6 Å². The third kappa shape index (κ3) is 12.1. The van der Waals surface area contributed by atoms with E-state index >= 15 is 0 Å². The Balaban J connectivity index is 0.732. The van der Waals surface area contributed by atoms with E-state index in [1.54, 1.807) is 24.1 Å². The quantitative estimate of drug-likeness (QED) is 0.0567. The smallest absolute Gasteiger partial charge is 0.260 e. The fraction of sp³-hybridized carbons (Fsp3) is 0.377. The molecule has 9 rings (SSSR count). The molecule has 0 aromatic heterocycles. The van der Waals surface area contributed by atoms with Crippen LogP contribution in [0, 0.1) is 25.7 Å². The molecule has 5 aliphatic heterocycles. The fourth-order valence-corrected chi connectivity index (χ4v) is 10.4. The lowest BCUT2D eigenvalue weighted by Gasteiger charge is -2.34. The van der Waals surface area contributed by atoms with Gasteiger partial charge in [0.1, 0.15) is 5.75 Å². The van der Waals surface area contributed by atoms with E-state index in [1.165, 1.54) is 28.2 Å². The van der Waals surface area contributed by atoms with Gasteiger partial charge in [-0.1, -0.05) is 69.7 Å². The van der Waals surface area contributed by atoms with Gasteiger partial charge in [0, 0.05) is 99.0 Å². The van der Waals surface area contributed by atoms with Gasteiger partial charge in [-0.05, 0) is 91.1 Å². The first kappa shape index (κ1) is 53.7. The maximum Gasteiger partial charge on any atom is 0.260 e. The molecule has 400 valence electrons. The number of carbonyl (C=O) groups excluding carboxylic acids is 6. The fourth-order valence-electron chi connectivity index (χ4n) is 10.4. The van der Waals surface area contributed by atoms with Gasteiger partial charge in [0.15, 0.2) is 17.3 Å². The highest BCUT2D eigenvalue weighted by atomic mass is 16.5. The van der Waals surface area contributed by atoms with Crippen molar-refractivity contribution >= 4 is 70.4 Å². The highest BCUT2D eigenvalue weighted by molar-refractivity contribution is 6.13. The van der Waals surface area contributed by atoms with Gasteiger partial charge in [-0.25, -0.2) is 0 Å². The molecule has 16 heteroatoms. The number of nitrogens with one attached hydrogen (secondary N) is 2. The predicted molar refractivity (Wildman–Crippen MR) is 296 cm³/mol. The number of Topliss-reactive ketones (excluding diaryl/α,β-unsaturated/α-hetero) is 1. The Morgan fingerprint density at radius 1 is 0.753 bits per heavy atom. The van der Waals surface area contributed by atoms with E-state index in [2.05, 4.69) is 42.3 Å². The second kappa shape index (κ2) is 23.4. The van der Waals surface area contributed by atoms with E-state index in [0.717, 1.165) is 28.0 Å². The minimum absolute atomic E-state index is 0.0736. The molecule has 0 radical (unpaired) electrons. The van der Waals surface area contributed by atoms with E-state index in [4.69, 9.17) is 24.2 Å². The van der Waals surface area contributed by atoms with Crippen LogP contribution in [-0.4, -0.2) is 107 Å². The summed E-state index contributed by atoms with van der Waals surface area (Å²) in [6.07, 6.45) is 12.2. The molecule has 16 nitrogen and oxygen atoms in total. The summed E-state index contributed by atoms with van der Waals surface area (Å²) in [7, 11) is 1.56. The average molecular weight is 1040 g/mol. The number of aryl methyl sites for hydroxylation is 2. The Labute approximate surface area is 449 Å². The Kier molecular flexibility index (Phi) is 16.3. The standard InChI is InChI=1S/C61H67N7O9/c1-36(2)59(65-56(70)12-9-8-10-21-66-57(71)19-20-58(66)72)52(69)26-38(4)40(6)64-45-17-15-41(16-18-45)44-28-47-33-62-50-30-53(39(5)25-48(50)60(73)68(47)35-44)76-22-11-23-77-55-31-51-49(29-54(55)75-7)61(74)67-34-43-24-37(3)13-14-42(43)27-46(67)32-63-51/h13-20,24-25,29-33,35-36,38,46-47,59,64H,6,8-12,21-23,26-28,34H2,1-5,7H3,(H,65,70)/t38-,46+,47+,59+/m1/s1. The van der Waals surface area contributed by atoms with E-state index in [-0.39, 0.29) is 72.1 Å². The number of rotatable bonds is 22. The number of ether oxygens (including phenoxy) is 3. The van der Waals surface area contributed by atoms with Crippen LogP contribution in [0.25, 0.3) is 5.57 Å². The molecule has 0 saturated heterocycles. The average Bonchev–Trinajstić information content (AvgIpc) is 3.92.